The third-order valence-electron chi connectivity index (χ3n) is 24.5. The first-order valence-corrected chi connectivity index (χ1v) is 46.5. The van der Waals surface area contributed by atoms with E-state index in [4.69, 9.17) is 48.9 Å². The Labute approximate surface area is 840 Å². The fourth-order valence-corrected chi connectivity index (χ4v) is 17.0. The van der Waals surface area contributed by atoms with E-state index in [-0.39, 0.29) is 105 Å². The highest BCUT2D eigenvalue weighted by Crippen LogP contribution is 2.47. The Hall–Kier alpha value is -18.3. The van der Waals surface area contributed by atoms with Crippen molar-refractivity contribution in [3.05, 3.63) is 400 Å². The summed E-state index contributed by atoms with van der Waals surface area (Å²) in [5, 5.41) is 141. The molecule has 0 amide bonds. The number of para-hydroxylation sites is 1. The maximum absolute atomic E-state index is 9.82. The third kappa shape index (κ3) is 24.6. The number of fused-ring (bicyclic) bond motifs is 6. The number of pyridine rings is 1. The van der Waals surface area contributed by atoms with Gasteiger partial charge < -0.3 is 105 Å². The van der Waals surface area contributed by atoms with Gasteiger partial charge in [0.1, 0.15) is 142 Å². The molecule has 145 heavy (non-hydrogen) atoms. The molecule has 7 heterocycles. The molecule has 0 aliphatic carbocycles. The number of anilines is 3. The Balaban J connectivity index is 0.000000131. The van der Waals surface area contributed by atoms with E-state index in [1.54, 1.807) is 197 Å². The molecule has 738 valence electrons. The molecule has 7 unspecified atom stereocenters. The average Bonchev–Trinajstić information content (AvgIpc) is 0.854. The van der Waals surface area contributed by atoms with Crippen LogP contribution in [0, 0.1) is 18.3 Å². The number of nitriles is 1. The molecule has 15 aromatic rings. The van der Waals surface area contributed by atoms with Crippen LogP contribution in [-0.4, -0.2) is 162 Å². The summed E-state index contributed by atoms with van der Waals surface area (Å²) in [5.74, 6) is 7.00. The molecular weight excluding hydrogens is 1870 g/mol. The van der Waals surface area contributed by atoms with Crippen molar-refractivity contribution in [2.45, 2.75) is 48.5 Å². The second-order valence-electron chi connectivity index (χ2n) is 33.6. The molecule has 6 aliphatic heterocycles. The number of methoxy groups -OCH3 is 2. The van der Waals surface area contributed by atoms with E-state index in [0.717, 1.165) is 101 Å². The lowest BCUT2D eigenvalue weighted by atomic mass is 9.85. The summed E-state index contributed by atoms with van der Waals surface area (Å²) in [7, 11) is 4.98. The summed E-state index contributed by atoms with van der Waals surface area (Å²) < 4.78 is 45.4. The molecule has 31 nitrogen and oxygen atoms in total. The number of hydrogen-bond donors (Lipinski definition) is 16. The number of nitrogens with one attached hydrogen (secondary N) is 3. The second kappa shape index (κ2) is 47.6. The summed E-state index contributed by atoms with van der Waals surface area (Å²) in [4.78, 5) is 8.61. The van der Waals surface area contributed by atoms with Crippen molar-refractivity contribution in [3.8, 4) is 115 Å². The number of hydrazone groups is 3. The lowest BCUT2D eigenvalue weighted by molar-refractivity contribution is 0.236. The monoisotopic (exact) mass is 1970 g/mol. The molecule has 6 aliphatic rings. The van der Waals surface area contributed by atoms with E-state index in [1.165, 1.54) is 18.5 Å². The van der Waals surface area contributed by atoms with Crippen LogP contribution in [0.1, 0.15) is 119 Å². The fraction of sp³-hybridized carbons (Fsp3) is 0.159. The van der Waals surface area contributed by atoms with Crippen molar-refractivity contribution < 1.29 is 99.3 Å². The molecule has 0 saturated carbocycles. The Kier molecular flexibility index (Phi) is 33.2. The molecular formula is C113H104ClN11O20. The quantitative estimate of drug-likeness (QED) is 0.0273. The molecule has 21 rings (SSSR count). The number of halogens is 1. The van der Waals surface area contributed by atoms with Crippen molar-refractivity contribution in [1.82, 2.24) is 4.98 Å². The van der Waals surface area contributed by atoms with Gasteiger partial charge in [-0.15, -0.1) is 11.6 Å². The highest BCUT2D eigenvalue weighted by molar-refractivity contribution is 6.15. The molecule has 0 bridgehead atoms. The molecule has 17 N–H and O–H groups in total. The minimum atomic E-state index is -0.224. The Morgan fingerprint density at radius 2 is 0.697 bits per heavy atom. The number of hydrogen-bond acceptors (Lipinski definition) is 31. The number of rotatable bonds is 14. The van der Waals surface area contributed by atoms with Crippen molar-refractivity contribution >= 4 is 57.4 Å². The molecule has 14 aromatic carbocycles. The van der Waals surface area contributed by atoms with E-state index in [0.29, 0.717) is 108 Å². The summed E-state index contributed by atoms with van der Waals surface area (Å²) >= 11 is 4.64. The van der Waals surface area contributed by atoms with Crippen LogP contribution >= 0.6 is 11.6 Å². The van der Waals surface area contributed by atoms with Gasteiger partial charge in [0.2, 0.25) is 0 Å². The number of benzene rings is 14. The summed E-state index contributed by atoms with van der Waals surface area (Å²) in [5.41, 5.74) is 33.1. The summed E-state index contributed by atoms with van der Waals surface area (Å²) in [6, 6.07) is 92.8. The van der Waals surface area contributed by atoms with Crippen molar-refractivity contribution in [2.24, 2.45) is 31.2 Å². The molecule has 7 atom stereocenters. The van der Waals surface area contributed by atoms with Gasteiger partial charge >= 0.3 is 0 Å². The van der Waals surface area contributed by atoms with E-state index >= 15 is 0 Å². The average molecular weight is 1970 g/mol. The number of nitrogens with zero attached hydrogens (tertiary/aromatic N) is 7. The highest BCUT2D eigenvalue weighted by atomic mass is 35.5. The van der Waals surface area contributed by atoms with Crippen molar-refractivity contribution in [3.63, 3.8) is 0 Å². The molecule has 32 heteroatoms. The van der Waals surface area contributed by atoms with E-state index in [9.17, 15) is 61.4 Å². The first-order valence-electron chi connectivity index (χ1n) is 45.7. The largest absolute Gasteiger partial charge is 0.508 e. The van der Waals surface area contributed by atoms with Gasteiger partial charge in [-0.2, -0.15) is 20.6 Å². The molecule has 0 radical (unpaired) electrons. The number of ether oxygens (including phenoxy) is 8. The second-order valence-corrected chi connectivity index (χ2v) is 33.6. The number of nitrogens with two attached hydrogens (primary N) is 1. The predicted octanol–water partition coefficient (Wildman–Crippen LogP) is 20.4. The molecule has 1 aromatic heterocycles. The van der Waals surface area contributed by atoms with E-state index in [2.05, 4.69) is 64.4 Å². The maximum atomic E-state index is 9.82. The SMILES string of the molecule is CCl.CN=C1c2ccc(O)cc2OCC1c1ccc(O)cc1.COc1ccc(C2COc3c(ccc(O)c3C)C2N)cc1OC.N#Cc1ccc(NN=C2c3ccc(O)cc3OCC2c2ccc(O)cc2)cc1.ON=C1c2ccc(O)cc2OCC1c1ccc(O)cc1.Oc1ccc(C2COc3cc(O)ccc3C2=NNc2ccccc2)cc1.Oc1ccc(C2COc3cc(O)ccc3C2=NNc2ccccn2)cc1. The third-order valence-corrected chi connectivity index (χ3v) is 24.5. The number of alkyl halides is 1. The summed E-state index contributed by atoms with van der Waals surface area (Å²) in [6.45, 7) is 4.19. The topological polar surface area (TPSA) is 477 Å². The van der Waals surface area contributed by atoms with Gasteiger partial charge in [0.15, 0.2) is 11.5 Å². The lowest BCUT2D eigenvalue weighted by Crippen LogP contribution is -2.30. The standard InChI is InChI=1S/C22H17N3O3.C21H18N2O3.C20H17N3O3.C18H21NO4.C16H15NO3.C15H13NO4.CH3Cl/c23-12-14-1-5-16(6-2-14)24-25-22-19-10-9-18(27)11-21(19)28-13-20(22)15-3-7-17(26)8-4-15;24-16-8-6-14(7-9-16)19-13-26-20-12-17(25)10-11-18(20)21(19)23-22-15-4-2-1-3-5-15;24-14-6-4-13(5-7-14)17-12-26-18-11-15(25)8-9-16(18)20(17)23-22-19-3-1-2-10-21-19;1-10-14(20)6-5-12-17(19)13(9-23-18(10)12)11-4-7-15(21-2)16(8-11)22-3;1-17-16-13-7-6-12(19)8-15(13)20-9-14(16)10-2-4-11(18)5-3-10;17-10-3-1-9(2-4-10)13-8-20-14-7-11(18)5-6-12(14)15(13)16-19;1-2/h1-11,20,24,26-27H,13H2;1-12,19,22,24-25H,13H2;1-11,17,24-25H,12H2,(H,21,22);4-8,13,17,20H,9,19H2,1-3H3;2-8,14,18-19H,9H2,1H3;1-7,13,17-19H,8H2;1H3. The predicted molar refractivity (Wildman–Crippen MR) is 555 cm³/mol. The first-order chi connectivity index (χ1) is 70.5. The fourth-order valence-electron chi connectivity index (χ4n) is 17.0. The molecule has 0 spiro atoms. The van der Waals surface area contributed by atoms with Crippen LogP contribution in [0.3, 0.4) is 0 Å². The zero-order chi connectivity index (χ0) is 102. The van der Waals surface area contributed by atoms with Gasteiger partial charge in [0.25, 0.3) is 0 Å². The van der Waals surface area contributed by atoms with Crippen LogP contribution in [-0.2, 0) is 0 Å². The minimum absolute atomic E-state index is 0.00579. The Morgan fingerprint density at radius 3 is 1.06 bits per heavy atom. The lowest BCUT2D eigenvalue weighted by Gasteiger charge is -2.32. The van der Waals surface area contributed by atoms with Crippen LogP contribution in [0.4, 0.5) is 17.2 Å². The number of phenolic OH excluding ortho intramolecular Hbond substituents is 11. The minimum Gasteiger partial charge on any atom is -0.508 e. The first kappa shape index (κ1) is 101. The normalized spacial score (nSPS) is 18.0. The van der Waals surface area contributed by atoms with Crippen LogP contribution in [0.25, 0.3) is 0 Å². The zero-order valence-electron chi connectivity index (χ0n) is 79.1. The van der Waals surface area contributed by atoms with Gasteiger partial charge in [0.05, 0.1) is 96.3 Å². The number of oxime groups is 1. The Bertz CT molecular complexity index is 6930. The number of aliphatic imine (C=N–C) groups is 1. The van der Waals surface area contributed by atoms with E-state index < -0.39 is 0 Å². The highest BCUT2D eigenvalue weighted by Gasteiger charge is 2.37. The van der Waals surface area contributed by atoms with E-state index in [1.807, 2.05) is 140 Å². The van der Waals surface area contributed by atoms with Gasteiger partial charge in [0, 0.05) is 101 Å². The smallest absolute Gasteiger partial charge is 0.161 e. The van der Waals surface area contributed by atoms with Crippen LogP contribution in [0.5, 0.6) is 109 Å². The summed E-state index contributed by atoms with van der Waals surface area (Å²) in [6.07, 6.45) is 3.16. The van der Waals surface area contributed by atoms with Gasteiger partial charge in [-0.05, 0) is 228 Å². The van der Waals surface area contributed by atoms with Crippen LogP contribution in [0.15, 0.2) is 347 Å². The number of aromatic hydroxyl groups is 11. The van der Waals surface area contributed by atoms with Crippen LogP contribution in [0.2, 0.25) is 0 Å². The molecule has 0 saturated heterocycles. The zero-order valence-corrected chi connectivity index (χ0v) is 79.9. The van der Waals surface area contributed by atoms with Gasteiger partial charge in [-0.3, -0.25) is 21.3 Å². The van der Waals surface area contributed by atoms with Crippen LogP contribution < -0.4 is 59.9 Å². The number of aromatic nitrogens is 1. The maximum Gasteiger partial charge on any atom is 0.161 e. The number of phenols is 11. The Morgan fingerprint density at radius 1 is 0.359 bits per heavy atom. The van der Waals surface area contributed by atoms with Gasteiger partial charge in [-0.1, -0.05) is 102 Å². The molecule has 0 fully saturated rings. The van der Waals surface area contributed by atoms with Crippen molar-refractivity contribution in [2.75, 3.05) is 83.6 Å². The van der Waals surface area contributed by atoms with Gasteiger partial charge in [-0.25, -0.2) is 4.98 Å². The van der Waals surface area contributed by atoms with Crippen molar-refractivity contribution in [1.29, 1.82) is 5.26 Å².